The van der Waals surface area contributed by atoms with Gasteiger partial charge in [-0.15, -0.1) is 0 Å². The molecule has 3 aromatic rings. The molecular weight excluding hydrogens is 362 g/mol. The number of benzene rings is 2. The normalized spacial score (nSPS) is 15.1. The highest BCUT2D eigenvalue weighted by Crippen LogP contribution is 2.24. The smallest absolute Gasteiger partial charge is 0.200 e. The molecular formula is C22H23ClNO3+. The van der Waals surface area contributed by atoms with Crippen LogP contribution in [0.25, 0.3) is 22.1 Å². The van der Waals surface area contributed by atoms with Gasteiger partial charge in [0.2, 0.25) is 0 Å². The van der Waals surface area contributed by atoms with Gasteiger partial charge in [0.1, 0.15) is 30.7 Å². The lowest BCUT2D eigenvalue weighted by Crippen LogP contribution is -3.13. The zero-order valence-electron chi connectivity index (χ0n) is 15.2. The lowest BCUT2D eigenvalue weighted by atomic mass is 10.1. The molecule has 0 atom stereocenters. The summed E-state index contributed by atoms with van der Waals surface area (Å²) in [5.41, 5.74) is 1.81. The number of rotatable bonds is 5. The van der Waals surface area contributed by atoms with Crippen LogP contribution in [0.15, 0.2) is 57.9 Å². The van der Waals surface area contributed by atoms with E-state index < -0.39 is 0 Å². The van der Waals surface area contributed by atoms with Crippen molar-refractivity contribution in [3.63, 3.8) is 0 Å². The molecule has 0 unspecified atom stereocenters. The molecule has 0 spiro atoms. The van der Waals surface area contributed by atoms with Crippen molar-refractivity contribution in [1.29, 1.82) is 0 Å². The Morgan fingerprint density at radius 1 is 1.04 bits per heavy atom. The summed E-state index contributed by atoms with van der Waals surface area (Å²) < 4.78 is 11.6. The number of hydrogen-bond donors (Lipinski definition) is 1. The van der Waals surface area contributed by atoms with Crippen LogP contribution in [-0.2, 0) is 0 Å². The molecule has 1 N–H and O–H groups in total. The van der Waals surface area contributed by atoms with Crippen LogP contribution in [-0.4, -0.2) is 26.2 Å². The Hall–Kier alpha value is -2.30. The van der Waals surface area contributed by atoms with Crippen LogP contribution < -0.4 is 15.1 Å². The second kappa shape index (κ2) is 8.15. The molecule has 0 amide bonds. The number of likely N-dealkylation sites (tertiary alicyclic amines) is 1. The molecule has 0 radical (unpaired) electrons. The second-order valence-electron chi connectivity index (χ2n) is 7.05. The van der Waals surface area contributed by atoms with E-state index in [-0.39, 0.29) is 5.43 Å². The van der Waals surface area contributed by atoms with Crippen molar-refractivity contribution in [2.75, 3.05) is 26.2 Å². The van der Waals surface area contributed by atoms with Crippen LogP contribution in [0, 0.1) is 0 Å². The number of piperidine rings is 1. The molecule has 1 saturated heterocycles. The third-order valence-electron chi connectivity index (χ3n) is 5.19. The van der Waals surface area contributed by atoms with E-state index in [1.807, 2.05) is 18.2 Å². The number of halogens is 1. The Labute approximate surface area is 163 Å². The van der Waals surface area contributed by atoms with Gasteiger partial charge in [0, 0.05) is 11.1 Å². The SMILES string of the molecule is O=c1c(-c2ccc(Cl)cc2)coc2cc(OCC[NH+]3CCCCC3)ccc12. The topological polar surface area (TPSA) is 43.9 Å². The zero-order valence-corrected chi connectivity index (χ0v) is 15.9. The minimum absolute atomic E-state index is 0.0529. The summed E-state index contributed by atoms with van der Waals surface area (Å²) in [4.78, 5) is 14.4. The monoisotopic (exact) mass is 384 g/mol. The predicted molar refractivity (Wildman–Crippen MR) is 108 cm³/mol. The molecule has 4 rings (SSSR count). The molecule has 1 fully saturated rings. The maximum absolute atomic E-state index is 12.8. The van der Waals surface area contributed by atoms with Gasteiger partial charge in [0.25, 0.3) is 0 Å². The highest BCUT2D eigenvalue weighted by atomic mass is 35.5. The first kappa shape index (κ1) is 18.1. The third-order valence-corrected chi connectivity index (χ3v) is 5.44. The molecule has 2 aromatic carbocycles. The number of hydrogen-bond acceptors (Lipinski definition) is 3. The fraction of sp³-hybridized carbons (Fsp3) is 0.318. The first-order chi connectivity index (χ1) is 13.2. The maximum atomic E-state index is 12.8. The van der Waals surface area contributed by atoms with Gasteiger partial charge in [0.15, 0.2) is 5.43 Å². The predicted octanol–water partition coefficient (Wildman–Crippen LogP) is 3.56. The van der Waals surface area contributed by atoms with Crippen LogP contribution in [0.3, 0.4) is 0 Å². The minimum atomic E-state index is -0.0529. The number of quaternary nitrogens is 1. The molecule has 2 heterocycles. The fourth-order valence-corrected chi connectivity index (χ4v) is 3.77. The lowest BCUT2D eigenvalue weighted by molar-refractivity contribution is -0.904. The maximum Gasteiger partial charge on any atom is 0.200 e. The number of ether oxygens (including phenoxy) is 1. The molecule has 5 heteroatoms. The Kier molecular flexibility index (Phi) is 5.46. The lowest BCUT2D eigenvalue weighted by Gasteiger charge is -2.23. The van der Waals surface area contributed by atoms with E-state index in [1.54, 1.807) is 29.2 Å². The van der Waals surface area contributed by atoms with Gasteiger partial charge >= 0.3 is 0 Å². The summed E-state index contributed by atoms with van der Waals surface area (Å²) >= 11 is 5.93. The van der Waals surface area contributed by atoms with Crippen LogP contribution >= 0.6 is 11.6 Å². The van der Waals surface area contributed by atoms with E-state index in [0.717, 1.165) is 17.9 Å². The number of fused-ring (bicyclic) bond motifs is 1. The number of nitrogens with one attached hydrogen (secondary N) is 1. The first-order valence-electron chi connectivity index (χ1n) is 9.48. The molecule has 0 aliphatic carbocycles. The summed E-state index contributed by atoms with van der Waals surface area (Å²) in [6.07, 6.45) is 5.49. The fourth-order valence-electron chi connectivity index (χ4n) is 3.64. The van der Waals surface area contributed by atoms with Crippen molar-refractivity contribution in [3.05, 3.63) is 64.0 Å². The molecule has 0 saturated carbocycles. The average molecular weight is 385 g/mol. The molecule has 1 aliphatic rings. The van der Waals surface area contributed by atoms with Gasteiger partial charge < -0.3 is 14.1 Å². The van der Waals surface area contributed by atoms with Crippen molar-refractivity contribution >= 4 is 22.6 Å². The third kappa shape index (κ3) is 4.18. The van der Waals surface area contributed by atoms with Crippen LogP contribution in [0.1, 0.15) is 19.3 Å². The van der Waals surface area contributed by atoms with Gasteiger partial charge in [-0.1, -0.05) is 23.7 Å². The van der Waals surface area contributed by atoms with Gasteiger partial charge in [-0.2, -0.15) is 0 Å². The summed E-state index contributed by atoms with van der Waals surface area (Å²) in [6, 6.07) is 12.6. The van der Waals surface area contributed by atoms with Gasteiger partial charge in [0.05, 0.1) is 24.0 Å². The highest BCUT2D eigenvalue weighted by molar-refractivity contribution is 6.30. The van der Waals surface area contributed by atoms with E-state index in [1.165, 1.54) is 38.6 Å². The van der Waals surface area contributed by atoms with Gasteiger partial charge in [-0.05, 0) is 49.1 Å². The highest BCUT2D eigenvalue weighted by Gasteiger charge is 2.14. The summed E-state index contributed by atoms with van der Waals surface area (Å²) in [5.74, 6) is 0.737. The van der Waals surface area contributed by atoms with Crippen molar-refractivity contribution in [2.45, 2.75) is 19.3 Å². The zero-order chi connectivity index (χ0) is 18.6. The van der Waals surface area contributed by atoms with E-state index in [4.69, 9.17) is 20.8 Å². The van der Waals surface area contributed by atoms with E-state index in [9.17, 15) is 4.79 Å². The van der Waals surface area contributed by atoms with Gasteiger partial charge in [-0.25, -0.2) is 0 Å². The largest absolute Gasteiger partial charge is 0.488 e. The van der Waals surface area contributed by atoms with Crippen LogP contribution in [0.4, 0.5) is 0 Å². The van der Waals surface area contributed by atoms with Crippen LogP contribution in [0.2, 0.25) is 5.02 Å². The summed E-state index contributed by atoms with van der Waals surface area (Å²) in [6.45, 7) is 4.16. The molecule has 27 heavy (non-hydrogen) atoms. The van der Waals surface area contributed by atoms with E-state index in [0.29, 0.717) is 28.2 Å². The Bertz CT molecular complexity index is 975. The molecule has 1 aliphatic heterocycles. The quantitative estimate of drug-likeness (QED) is 0.731. The molecule has 0 bridgehead atoms. The van der Waals surface area contributed by atoms with E-state index in [2.05, 4.69) is 0 Å². The standard InChI is InChI=1S/C22H22ClNO3/c23-17-6-4-16(5-7-17)20-15-27-21-14-18(8-9-19(21)22(20)25)26-13-12-24-10-2-1-3-11-24/h4-9,14-15H,1-3,10-13H2/p+1. The summed E-state index contributed by atoms with van der Waals surface area (Å²) in [5, 5.41) is 1.19. The van der Waals surface area contributed by atoms with Crippen molar-refractivity contribution < 1.29 is 14.1 Å². The second-order valence-corrected chi connectivity index (χ2v) is 7.49. The Balaban J connectivity index is 1.50. The molecule has 1 aromatic heterocycles. The Morgan fingerprint density at radius 3 is 2.59 bits per heavy atom. The average Bonchev–Trinajstić information content (AvgIpc) is 2.70. The van der Waals surface area contributed by atoms with Crippen LogP contribution in [0.5, 0.6) is 5.75 Å². The van der Waals surface area contributed by atoms with E-state index >= 15 is 0 Å². The van der Waals surface area contributed by atoms with Crippen molar-refractivity contribution in [1.82, 2.24) is 0 Å². The Morgan fingerprint density at radius 2 is 1.81 bits per heavy atom. The molecule has 140 valence electrons. The van der Waals surface area contributed by atoms with Gasteiger partial charge in [-0.3, -0.25) is 4.79 Å². The summed E-state index contributed by atoms with van der Waals surface area (Å²) in [7, 11) is 0. The van der Waals surface area contributed by atoms with Crippen molar-refractivity contribution in [2.24, 2.45) is 0 Å². The van der Waals surface area contributed by atoms with Crippen molar-refractivity contribution in [3.8, 4) is 16.9 Å². The molecule has 4 nitrogen and oxygen atoms in total. The first-order valence-corrected chi connectivity index (χ1v) is 9.86. The minimum Gasteiger partial charge on any atom is -0.488 e.